The Morgan fingerprint density at radius 2 is 1.62 bits per heavy atom. The first kappa shape index (κ1) is 14.5. The zero-order valence-electron chi connectivity index (χ0n) is 12.5. The van der Waals surface area contributed by atoms with Crippen LogP contribution in [0.3, 0.4) is 0 Å². The molecule has 1 N–H and O–H groups in total. The molecule has 1 heterocycles. The standard InChI is InChI=1S/C16H23NO4/c1-9-6-12-13(7-9)15(19)17(14(12)18)8-10-2-4-11(5-3-10)16(20)21/h9-13H,2-8H2,1H3,(H,20,21). The van der Waals surface area contributed by atoms with Gasteiger partial charge in [-0.2, -0.15) is 0 Å². The molecule has 21 heavy (non-hydrogen) atoms. The number of hydrogen-bond donors (Lipinski definition) is 1. The van der Waals surface area contributed by atoms with Crippen molar-refractivity contribution in [3.8, 4) is 0 Å². The summed E-state index contributed by atoms with van der Waals surface area (Å²) in [5.74, 6) is -0.322. The maximum absolute atomic E-state index is 12.4. The van der Waals surface area contributed by atoms with Crippen LogP contribution in [0.1, 0.15) is 45.4 Å². The van der Waals surface area contributed by atoms with E-state index in [-0.39, 0.29) is 35.5 Å². The van der Waals surface area contributed by atoms with Crippen molar-refractivity contribution in [2.45, 2.75) is 45.4 Å². The minimum Gasteiger partial charge on any atom is -0.481 e. The fourth-order valence-electron chi connectivity index (χ4n) is 4.38. The van der Waals surface area contributed by atoms with E-state index >= 15 is 0 Å². The normalized spacial score (nSPS) is 39.7. The number of aliphatic carboxylic acids is 1. The summed E-state index contributed by atoms with van der Waals surface area (Å²) in [7, 11) is 0. The Labute approximate surface area is 124 Å². The molecule has 0 aromatic carbocycles. The molecule has 0 aromatic rings. The smallest absolute Gasteiger partial charge is 0.306 e. The molecule has 3 rings (SSSR count). The van der Waals surface area contributed by atoms with E-state index in [0.717, 1.165) is 25.7 Å². The third-order valence-electron chi connectivity index (χ3n) is 5.60. The Balaban J connectivity index is 1.58. The van der Waals surface area contributed by atoms with Crippen LogP contribution in [0.5, 0.6) is 0 Å². The van der Waals surface area contributed by atoms with Crippen LogP contribution in [0.15, 0.2) is 0 Å². The molecule has 0 spiro atoms. The molecule has 116 valence electrons. The fraction of sp³-hybridized carbons (Fsp3) is 0.812. The van der Waals surface area contributed by atoms with Crippen molar-refractivity contribution in [1.29, 1.82) is 0 Å². The summed E-state index contributed by atoms with van der Waals surface area (Å²) < 4.78 is 0. The molecule has 0 radical (unpaired) electrons. The molecule has 5 heteroatoms. The topological polar surface area (TPSA) is 74.7 Å². The second kappa shape index (κ2) is 5.43. The van der Waals surface area contributed by atoms with Gasteiger partial charge in [0.1, 0.15) is 0 Å². The quantitative estimate of drug-likeness (QED) is 0.807. The average Bonchev–Trinajstić information content (AvgIpc) is 2.93. The molecule has 5 nitrogen and oxygen atoms in total. The van der Waals surface area contributed by atoms with Crippen molar-refractivity contribution in [2.24, 2.45) is 29.6 Å². The molecule has 2 saturated carbocycles. The van der Waals surface area contributed by atoms with Crippen LogP contribution < -0.4 is 0 Å². The summed E-state index contributed by atoms with van der Waals surface area (Å²) in [4.78, 5) is 37.2. The molecule has 0 aromatic heterocycles. The van der Waals surface area contributed by atoms with Gasteiger partial charge in [-0.3, -0.25) is 19.3 Å². The number of imide groups is 1. The van der Waals surface area contributed by atoms with Gasteiger partial charge < -0.3 is 5.11 Å². The second-order valence-corrected chi connectivity index (χ2v) is 7.13. The SMILES string of the molecule is CC1CC2C(=O)N(CC3CCC(C(=O)O)CC3)C(=O)C2C1. The van der Waals surface area contributed by atoms with Crippen molar-refractivity contribution in [3.63, 3.8) is 0 Å². The molecular weight excluding hydrogens is 270 g/mol. The highest BCUT2D eigenvalue weighted by Gasteiger charge is 2.51. The number of carboxylic acids is 1. The van der Waals surface area contributed by atoms with Crippen LogP contribution in [0, 0.1) is 29.6 Å². The number of amides is 2. The lowest BCUT2D eigenvalue weighted by atomic mass is 9.82. The number of hydrogen-bond acceptors (Lipinski definition) is 3. The summed E-state index contributed by atoms with van der Waals surface area (Å²) in [6.45, 7) is 2.61. The Bertz CT molecular complexity index is 443. The molecule has 0 bridgehead atoms. The molecule has 3 aliphatic rings. The van der Waals surface area contributed by atoms with E-state index in [4.69, 9.17) is 5.11 Å². The molecule has 2 aliphatic carbocycles. The lowest BCUT2D eigenvalue weighted by Gasteiger charge is -2.29. The average molecular weight is 293 g/mol. The maximum Gasteiger partial charge on any atom is 0.306 e. The van der Waals surface area contributed by atoms with Crippen LogP contribution in [-0.2, 0) is 14.4 Å². The van der Waals surface area contributed by atoms with Crippen molar-refractivity contribution in [1.82, 2.24) is 4.90 Å². The van der Waals surface area contributed by atoms with Crippen molar-refractivity contribution >= 4 is 17.8 Å². The molecule has 2 atom stereocenters. The van der Waals surface area contributed by atoms with E-state index in [1.54, 1.807) is 0 Å². The van der Waals surface area contributed by atoms with E-state index in [1.165, 1.54) is 4.90 Å². The Morgan fingerprint density at radius 1 is 1.10 bits per heavy atom. The number of likely N-dealkylation sites (tertiary alicyclic amines) is 1. The molecule has 1 aliphatic heterocycles. The van der Waals surface area contributed by atoms with E-state index < -0.39 is 5.97 Å². The highest BCUT2D eigenvalue weighted by molar-refractivity contribution is 6.05. The first-order valence-corrected chi connectivity index (χ1v) is 8.05. The minimum absolute atomic E-state index is 0.0229. The van der Waals surface area contributed by atoms with Gasteiger partial charge in [0, 0.05) is 6.54 Å². The van der Waals surface area contributed by atoms with Gasteiger partial charge in [0.15, 0.2) is 0 Å². The van der Waals surface area contributed by atoms with Crippen LogP contribution in [-0.4, -0.2) is 34.3 Å². The van der Waals surface area contributed by atoms with Gasteiger partial charge in [-0.15, -0.1) is 0 Å². The lowest BCUT2D eigenvalue weighted by Crippen LogP contribution is -2.38. The highest BCUT2D eigenvalue weighted by atomic mass is 16.4. The van der Waals surface area contributed by atoms with Crippen molar-refractivity contribution < 1.29 is 19.5 Å². The Hall–Kier alpha value is -1.39. The molecule has 1 saturated heterocycles. The van der Waals surface area contributed by atoms with Gasteiger partial charge in [0.2, 0.25) is 11.8 Å². The number of carboxylic acid groups (broad SMARTS) is 1. The number of carbonyl (C=O) groups is 3. The van der Waals surface area contributed by atoms with Gasteiger partial charge in [0.25, 0.3) is 0 Å². The van der Waals surface area contributed by atoms with Gasteiger partial charge in [-0.25, -0.2) is 0 Å². The molecule has 2 amide bonds. The summed E-state index contributed by atoms with van der Waals surface area (Å²) in [5, 5.41) is 9.01. The second-order valence-electron chi connectivity index (χ2n) is 7.13. The zero-order chi connectivity index (χ0) is 15.1. The van der Waals surface area contributed by atoms with Gasteiger partial charge in [-0.05, 0) is 50.4 Å². The van der Waals surface area contributed by atoms with Gasteiger partial charge in [0.05, 0.1) is 17.8 Å². The molecular formula is C16H23NO4. The largest absolute Gasteiger partial charge is 0.481 e. The van der Waals surface area contributed by atoms with Crippen LogP contribution in [0.2, 0.25) is 0 Å². The van der Waals surface area contributed by atoms with E-state index in [1.807, 2.05) is 0 Å². The lowest BCUT2D eigenvalue weighted by molar-refractivity contribution is -0.145. The van der Waals surface area contributed by atoms with E-state index in [9.17, 15) is 14.4 Å². The van der Waals surface area contributed by atoms with E-state index in [0.29, 0.717) is 25.3 Å². The van der Waals surface area contributed by atoms with Crippen molar-refractivity contribution in [3.05, 3.63) is 0 Å². The van der Waals surface area contributed by atoms with Gasteiger partial charge in [-0.1, -0.05) is 6.92 Å². The summed E-state index contributed by atoms with van der Waals surface area (Å²) in [5.41, 5.74) is 0. The Morgan fingerprint density at radius 3 is 2.10 bits per heavy atom. The number of rotatable bonds is 3. The maximum atomic E-state index is 12.4. The van der Waals surface area contributed by atoms with Gasteiger partial charge >= 0.3 is 5.97 Å². The third kappa shape index (κ3) is 2.58. The monoisotopic (exact) mass is 293 g/mol. The first-order chi connectivity index (χ1) is 9.97. The van der Waals surface area contributed by atoms with Crippen LogP contribution in [0.4, 0.5) is 0 Å². The van der Waals surface area contributed by atoms with Crippen molar-refractivity contribution in [2.75, 3.05) is 6.54 Å². The Kier molecular flexibility index (Phi) is 3.76. The predicted octanol–water partition coefficient (Wildman–Crippen LogP) is 1.91. The molecule has 2 unspecified atom stereocenters. The van der Waals surface area contributed by atoms with Crippen LogP contribution in [0.25, 0.3) is 0 Å². The number of fused-ring (bicyclic) bond motifs is 1. The predicted molar refractivity (Wildman–Crippen MR) is 75.2 cm³/mol. The first-order valence-electron chi connectivity index (χ1n) is 8.05. The molecule has 3 fully saturated rings. The third-order valence-corrected chi connectivity index (χ3v) is 5.60. The number of nitrogens with zero attached hydrogens (tertiary/aromatic N) is 1. The highest BCUT2D eigenvalue weighted by Crippen LogP contribution is 2.43. The minimum atomic E-state index is -0.717. The fourth-order valence-corrected chi connectivity index (χ4v) is 4.38. The summed E-state index contributed by atoms with van der Waals surface area (Å²) in [6.07, 6.45) is 4.63. The zero-order valence-corrected chi connectivity index (χ0v) is 12.5. The number of carbonyl (C=O) groups excluding carboxylic acids is 2. The summed E-state index contributed by atoms with van der Waals surface area (Å²) >= 11 is 0. The van der Waals surface area contributed by atoms with Crippen LogP contribution >= 0.6 is 0 Å². The summed E-state index contributed by atoms with van der Waals surface area (Å²) in [6, 6.07) is 0. The van der Waals surface area contributed by atoms with E-state index in [2.05, 4.69) is 6.92 Å².